The third-order valence-electron chi connectivity index (χ3n) is 4.63. The zero-order chi connectivity index (χ0) is 20.1. The Labute approximate surface area is 163 Å². The first kappa shape index (κ1) is 19.5. The zero-order valence-electron chi connectivity index (χ0n) is 15.9. The van der Waals surface area contributed by atoms with E-state index in [2.05, 4.69) is 0 Å². The molecule has 2 aromatic carbocycles. The molecule has 0 aliphatic rings. The Balaban J connectivity index is 1.80. The second-order valence-electron chi connectivity index (χ2n) is 6.66. The van der Waals surface area contributed by atoms with Gasteiger partial charge in [0.1, 0.15) is 5.75 Å². The zero-order valence-corrected chi connectivity index (χ0v) is 15.9. The Morgan fingerprint density at radius 3 is 2.71 bits per heavy atom. The maximum absolute atomic E-state index is 12.9. The van der Waals surface area contributed by atoms with Crippen molar-refractivity contribution in [2.24, 2.45) is 0 Å². The second-order valence-corrected chi connectivity index (χ2v) is 6.66. The van der Waals surface area contributed by atoms with Gasteiger partial charge in [0.2, 0.25) is 0 Å². The number of benzene rings is 2. The molecule has 0 saturated heterocycles. The molecule has 6 heteroatoms. The SMILES string of the molecule is CCOC(=O)CCCn1cc(C(=O)Cc2ccc(N)c(O)c2)c2ccccc21. The van der Waals surface area contributed by atoms with Gasteiger partial charge < -0.3 is 20.1 Å². The smallest absolute Gasteiger partial charge is 0.305 e. The Morgan fingerprint density at radius 1 is 1.18 bits per heavy atom. The number of carbonyl (C=O) groups excluding carboxylic acids is 2. The Bertz CT molecular complexity index is 1010. The fraction of sp³-hybridized carbons (Fsp3) is 0.273. The molecule has 6 nitrogen and oxygen atoms in total. The number of Topliss-reactive ketones (excluding diaryl/α,β-unsaturated/α-hetero) is 1. The molecule has 0 fully saturated rings. The number of aromatic hydroxyl groups is 1. The van der Waals surface area contributed by atoms with E-state index in [1.54, 1.807) is 19.1 Å². The number of carbonyl (C=O) groups is 2. The quantitative estimate of drug-likeness (QED) is 0.269. The molecular formula is C22H24N2O4. The maximum Gasteiger partial charge on any atom is 0.305 e. The molecule has 0 aliphatic heterocycles. The van der Waals surface area contributed by atoms with Crippen LogP contribution in [0.3, 0.4) is 0 Å². The number of aromatic nitrogens is 1. The van der Waals surface area contributed by atoms with E-state index in [-0.39, 0.29) is 29.6 Å². The number of aryl methyl sites for hydroxylation is 1. The molecule has 28 heavy (non-hydrogen) atoms. The highest BCUT2D eigenvalue weighted by Gasteiger charge is 2.16. The number of esters is 1. The third kappa shape index (κ3) is 4.34. The van der Waals surface area contributed by atoms with Gasteiger partial charge in [0.05, 0.1) is 12.3 Å². The largest absolute Gasteiger partial charge is 0.506 e. The number of phenols is 1. The van der Waals surface area contributed by atoms with Crippen LogP contribution in [0.4, 0.5) is 5.69 Å². The van der Waals surface area contributed by atoms with Crippen molar-refractivity contribution in [1.29, 1.82) is 0 Å². The van der Waals surface area contributed by atoms with Gasteiger partial charge in [0.15, 0.2) is 5.78 Å². The van der Waals surface area contributed by atoms with Crippen LogP contribution in [0.15, 0.2) is 48.7 Å². The van der Waals surface area contributed by atoms with E-state index in [0.29, 0.717) is 37.1 Å². The van der Waals surface area contributed by atoms with Gasteiger partial charge in [0, 0.05) is 42.0 Å². The molecule has 3 N–H and O–H groups in total. The fourth-order valence-corrected chi connectivity index (χ4v) is 3.26. The maximum atomic E-state index is 12.9. The van der Waals surface area contributed by atoms with E-state index in [4.69, 9.17) is 10.5 Å². The summed E-state index contributed by atoms with van der Waals surface area (Å²) in [5, 5.41) is 10.6. The van der Waals surface area contributed by atoms with Gasteiger partial charge in [-0.25, -0.2) is 0 Å². The van der Waals surface area contributed by atoms with Crippen LogP contribution in [0.1, 0.15) is 35.7 Å². The lowest BCUT2D eigenvalue weighted by Gasteiger charge is -2.05. The van der Waals surface area contributed by atoms with Crippen molar-refractivity contribution >= 4 is 28.3 Å². The van der Waals surface area contributed by atoms with E-state index in [1.165, 1.54) is 6.07 Å². The molecule has 146 valence electrons. The summed E-state index contributed by atoms with van der Waals surface area (Å²) in [4.78, 5) is 24.5. The van der Waals surface area contributed by atoms with E-state index in [9.17, 15) is 14.7 Å². The lowest BCUT2D eigenvalue weighted by atomic mass is 10.0. The number of ether oxygens (including phenoxy) is 1. The van der Waals surface area contributed by atoms with Crippen LogP contribution in [-0.4, -0.2) is 28.0 Å². The number of nitrogens with zero attached hydrogens (tertiary/aromatic N) is 1. The number of para-hydroxylation sites is 1. The molecule has 0 amide bonds. The van der Waals surface area contributed by atoms with Crippen molar-refractivity contribution in [1.82, 2.24) is 4.57 Å². The van der Waals surface area contributed by atoms with Gasteiger partial charge in [0.25, 0.3) is 0 Å². The van der Waals surface area contributed by atoms with E-state index in [0.717, 1.165) is 10.9 Å². The van der Waals surface area contributed by atoms with Crippen molar-refractivity contribution in [3.63, 3.8) is 0 Å². The van der Waals surface area contributed by atoms with Crippen LogP contribution in [0.5, 0.6) is 5.75 Å². The van der Waals surface area contributed by atoms with Gasteiger partial charge >= 0.3 is 5.97 Å². The van der Waals surface area contributed by atoms with Gasteiger partial charge in [-0.05, 0) is 37.1 Å². The molecule has 0 radical (unpaired) electrons. The normalized spacial score (nSPS) is 10.9. The lowest BCUT2D eigenvalue weighted by Crippen LogP contribution is -2.06. The fourth-order valence-electron chi connectivity index (χ4n) is 3.26. The van der Waals surface area contributed by atoms with Crippen molar-refractivity contribution < 1.29 is 19.4 Å². The molecule has 0 atom stereocenters. The molecule has 1 aromatic heterocycles. The van der Waals surface area contributed by atoms with E-state index < -0.39 is 0 Å². The number of hydrogen-bond donors (Lipinski definition) is 2. The van der Waals surface area contributed by atoms with Crippen LogP contribution in [0, 0.1) is 0 Å². The van der Waals surface area contributed by atoms with Gasteiger partial charge in [-0.3, -0.25) is 9.59 Å². The summed E-state index contributed by atoms with van der Waals surface area (Å²) in [7, 11) is 0. The summed E-state index contributed by atoms with van der Waals surface area (Å²) in [5.41, 5.74) is 8.20. The number of ketones is 1. The second kappa shape index (κ2) is 8.61. The van der Waals surface area contributed by atoms with Crippen LogP contribution in [0.25, 0.3) is 10.9 Å². The number of nitrogens with two attached hydrogens (primary N) is 1. The molecule has 3 rings (SSSR count). The molecule has 0 bridgehead atoms. The monoisotopic (exact) mass is 380 g/mol. The Kier molecular flexibility index (Phi) is 5.99. The minimum atomic E-state index is -0.210. The highest BCUT2D eigenvalue weighted by molar-refractivity contribution is 6.08. The lowest BCUT2D eigenvalue weighted by molar-refractivity contribution is -0.143. The van der Waals surface area contributed by atoms with Crippen LogP contribution in [-0.2, 0) is 22.5 Å². The minimum Gasteiger partial charge on any atom is -0.506 e. The van der Waals surface area contributed by atoms with Crippen LogP contribution >= 0.6 is 0 Å². The average Bonchev–Trinajstić information content (AvgIpc) is 3.04. The number of nitrogen functional groups attached to an aromatic ring is 1. The standard InChI is InChI=1S/C22H24N2O4/c1-2-28-22(27)8-5-11-24-14-17(16-6-3-4-7-19(16)24)20(25)12-15-9-10-18(23)21(26)13-15/h3-4,6-7,9-10,13-14,26H,2,5,8,11-12,23H2,1H3. The predicted octanol–water partition coefficient (Wildman–Crippen LogP) is 3.70. The first-order chi connectivity index (χ1) is 13.5. The van der Waals surface area contributed by atoms with Crippen LogP contribution < -0.4 is 5.73 Å². The molecule has 0 aliphatic carbocycles. The molecule has 0 spiro atoms. The van der Waals surface area contributed by atoms with Gasteiger partial charge in [-0.1, -0.05) is 24.3 Å². The van der Waals surface area contributed by atoms with Crippen molar-refractivity contribution in [3.8, 4) is 5.75 Å². The first-order valence-corrected chi connectivity index (χ1v) is 9.33. The van der Waals surface area contributed by atoms with Gasteiger partial charge in [-0.2, -0.15) is 0 Å². The summed E-state index contributed by atoms with van der Waals surface area (Å²) in [6.45, 7) is 2.79. The molecule has 0 unspecified atom stereocenters. The minimum absolute atomic E-state index is 0.0216. The molecule has 1 heterocycles. The highest BCUT2D eigenvalue weighted by Crippen LogP contribution is 2.25. The molecular weight excluding hydrogens is 356 g/mol. The average molecular weight is 380 g/mol. The molecule has 0 saturated carbocycles. The number of rotatable bonds is 8. The number of phenolic OH excluding ortho intramolecular Hbond substituents is 1. The van der Waals surface area contributed by atoms with E-state index >= 15 is 0 Å². The summed E-state index contributed by atoms with van der Waals surface area (Å²) < 4.78 is 6.97. The van der Waals surface area contributed by atoms with Crippen molar-refractivity contribution in [3.05, 3.63) is 59.8 Å². The van der Waals surface area contributed by atoms with Crippen molar-refractivity contribution in [2.75, 3.05) is 12.3 Å². The molecule has 3 aromatic rings. The van der Waals surface area contributed by atoms with E-state index in [1.807, 2.05) is 35.0 Å². The summed E-state index contributed by atoms with van der Waals surface area (Å²) >= 11 is 0. The highest BCUT2D eigenvalue weighted by atomic mass is 16.5. The predicted molar refractivity (Wildman–Crippen MR) is 108 cm³/mol. The van der Waals surface area contributed by atoms with Crippen LogP contribution in [0.2, 0.25) is 0 Å². The topological polar surface area (TPSA) is 94.5 Å². The number of fused-ring (bicyclic) bond motifs is 1. The first-order valence-electron chi connectivity index (χ1n) is 9.33. The number of hydrogen-bond acceptors (Lipinski definition) is 5. The van der Waals surface area contributed by atoms with Gasteiger partial charge in [-0.15, -0.1) is 0 Å². The Hall–Kier alpha value is -3.28. The van der Waals surface area contributed by atoms with Crippen molar-refractivity contribution in [2.45, 2.75) is 32.7 Å². The summed E-state index contributed by atoms with van der Waals surface area (Å²) in [6.07, 6.45) is 2.99. The number of anilines is 1. The third-order valence-corrected chi connectivity index (χ3v) is 4.63. The summed E-state index contributed by atoms with van der Waals surface area (Å²) in [6, 6.07) is 12.6. The summed E-state index contributed by atoms with van der Waals surface area (Å²) in [5.74, 6) is -0.269. The Morgan fingerprint density at radius 2 is 1.96 bits per heavy atom.